The third-order valence-corrected chi connectivity index (χ3v) is 2.43. The largest absolute Gasteiger partial charge is 0.460 e. The highest BCUT2D eigenvalue weighted by Gasteiger charge is 2.15. The van der Waals surface area contributed by atoms with Gasteiger partial charge in [-0.3, -0.25) is 9.78 Å². The van der Waals surface area contributed by atoms with Gasteiger partial charge in [0.2, 0.25) is 0 Å². The van der Waals surface area contributed by atoms with Crippen molar-refractivity contribution < 1.29 is 9.53 Å². The van der Waals surface area contributed by atoms with Gasteiger partial charge in [-0.2, -0.15) is 0 Å². The fourth-order valence-electron chi connectivity index (χ4n) is 0.991. The molecule has 0 aliphatic heterocycles. The molecule has 0 radical (unpaired) electrons. The van der Waals surface area contributed by atoms with E-state index in [9.17, 15) is 4.79 Å². The van der Waals surface area contributed by atoms with Gasteiger partial charge in [-0.15, -0.1) is 11.8 Å². The third-order valence-electron chi connectivity index (χ3n) is 1.52. The Morgan fingerprint density at radius 2 is 2.19 bits per heavy atom. The molecule has 0 fully saturated rings. The predicted octanol–water partition coefficient (Wildman–Crippen LogP) is 2.30. The van der Waals surface area contributed by atoms with Crippen LogP contribution >= 0.6 is 11.8 Å². The van der Waals surface area contributed by atoms with E-state index in [4.69, 9.17) is 4.74 Å². The van der Waals surface area contributed by atoms with E-state index < -0.39 is 5.60 Å². The summed E-state index contributed by atoms with van der Waals surface area (Å²) in [5.41, 5.74) is -0.408. The normalized spacial score (nSPS) is 11.2. The summed E-state index contributed by atoms with van der Waals surface area (Å²) < 4.78 is 5.19. The van der Waals surface area contributed by atoms with E-state index in [-0.39, 0.29) is 5.97 Å². The Kier molecular flexibility index (Phi) is 4.73. The van der Waals surface area contributed by atoms with Crippen LogP contribution in [0.4, 0.5) is 0 Å². The molecule has 0 amide bonds. The van der Waals surface area contributed by atoms with Gasteiger partial charge in [-0.05, 0) is 20.8 Å². The first-order chi connectivity index (χ1) is 7.47. The lowest BCUT2D eigenvalue weighted by molar-refractivity contribution is -0.154. The second-order valence-corrected chi connectivity index (χ2v) is 5.34. The standard InChI is InChI=1S/C11H16N2O2S/c1-11(2,3)15-10(14)4-7-16-9-8-12-5-6-13-9/h5-6,8H,4,7H2,1-3H3. The van der Waals surface area contributed by atoms with Crippen LogP contribution in [-0.2, 0) is 9.53 Å². The summed E-state index contributed by atoms with van der Waals surface area (Å²) in [6.07, 6.45) is 5.33. The lowest BCUT2D eigenvalue weighted by atomic mass is 10.2. The van der Waals surface area contributed by atoms with Gasteiger partial charge in [0.15, 0.2) is 0 Å². The second kappa shape index (κ2) is 5.84. The van der Waals surface area contributed by atoms with Crippen molar-refractivity contribution in [3.05, 3.63) is 18.6 Å². The first-order valence-electron chi connectivity index (χ1n) is 5.08. The molecule has 88 valence electrons. The number of hydrogen-bond donors (Lipinski definition) is 0. The molecule has 0 aliphatic carbocycles. The van der Waals surface area contributed by atoms with Crippen LogP contribution in [-0.4, -0.2) is 27.3 Å². The van der Waals surface area contributed by atoms with Gasteiger partial charge in [0.25, 0.3) is 0 Å². The number of carbonyl (C=O) groups is 1. The van der Waals surface area contributed by atoms with E-state index >= 15 is 0 Å². The highest BCUT2D eigenvalue weighted by molar-refractivity contribution is 7.99. The number of carbonyl (C=O) groups excluding carboxylic acids is 1. The Morgan fingerprint density at radius 3 is 2.75 bits per heavy atom. The predicted molar refractivity (Wildman–Crippen MR) is 63.2 cm³/mol. The Hall–Kier alpha value is -1.10. The molecule has 0 atom stereocenters. The molecule has 4 nitrogen and oxygen atoms in total. The average Bonchev–Trinajstić information content (AvgIpc) is 2.16. The van der Waals surface area contributed by atoms with Crippen molar-refractivity contribution in [3.8, 4) is 0 Å². The Bertz CT molecular complexity index is 336. The van der Waals surface area contributed by atoms with E-state index in [1.54, 1.807) is 18.6 Å². The van der Waals surface area contributed by atoms with E-state index in [2.05, 4.69) is 9.97 Å². The monoisotopic (exact) mass is 240 g/mol. The van der Waals surface area contributed by atoms with Crippen LogP contribution in [0.1, 0.15) is 27.2 Å². The van der Waals surface area contributed by atoms with Gasteiger partial charge in [0.1, 0.15) is 10.6 Å². The van der Waals surface area contributed by atoms with Gasteiger partial charge >= 0.3 is 5.97 Å². The van der Waals surface area contributed by atoms with E-state index in [0.29, 0.717) is 12.2 Å². The molecule has 16 heavy (non-hydrogen) atoms. The molecule has 1 aromatic heterocycles. The molecule has 0 saturated heterocycles. The SMILES string of the molecule is CC(C)(C)OC(=O)CCSc1cnccn1. The molecular weight excluding hydrogens is 224 g/mol. The summed E-state index contributed by atoms with van der Waals surface area (Å²) in [6.45, 7) is 5.59. The van der Waals surface area contributed by atoms with Crippen LogP contribution in [0.15, 0.2) is 23.6 Å². The molecule has 0 aromatic carbocycles. The van der Waals surface area contributed by atoms with Crippen LogP contribution in [0.2, 0.25) is 0 Å². The van der Waals surface area contributed by atoms with E-state index in [0.717, 1.165) is 5.03 Å². The zero-order valence-electron chi connectivity index (χ0n) is 9.77. The summed E-state index contributed by atoms with van der Waals surface area (Å²) in [4.78, 5) is 19.4. The number of thioether (sulfide) groups is 1. The van der Waals surface area contributed by atoms with Crippen LogP contribution in [0, 0.1) is 0 Å². The zero-order valence-corrected chi connectivity index (χ0v) is 10.6. The summed E-state index contributed by atoms with van der Waals surface area (Å²) in [6, 6.07) is 0. The molecule has 0 aliphatic rings. The fraction of sp³-hybridized carbons (Fsp3) is 0.545. The quantitative estimate of drug-likeness (QED) is 0.597. The number of rotatable bonds is 4. The average molecular weight is 240 g/mol. The van der Waals surface area contributed by atoms with Crippen LogP contribution in [0.5, 0.6) is 0 Å². The lowest BCUT2D eigenvalue weighted by Gasteiger charge is -2.19. The minimum atomic E-state index is -0.408. The number of nitrogens with zero attached hydrogens (tertiary/aromatic N) is 2. The molecule has 1 heterocycles. The molecule has 1 rings (SSSR count). The van der Waals surface area contributed by atoms with Gasteiger partial charge in [0, 0.05) is 18.1 Å². The minimum absolute atomic E-state index is 0.177. The molecule has 0 N–H and O–H groups in total. The maximum Gasteiger partial charge on any atom is 0.307 e. The highest BCUT2D eigenvalue weighted by Crippen LogP contribution is 2.15. The van der Waals surface area contributed by atoms with E-state index in [1.807, 2.05) is 20.8 Å². The van der Waals surface area contributed by atoms with Gasteiger partial charge < -0.3 is 4.74 Å². The number of esters is 1. The third kappa shape index (κ3) is 5.70. The highest BCUT2D eigenvalue weighted by atomic mass is 32.2. The summed E-state index contributed by atoms with van der Waals surface area (Å²) in [7, 11) is 0. The Labute approximate surface area is 99.8 Å². The molecule has 0 bridgehead atoms. The maximum absolute atomic E-state index is 11.4. The van der Waals surface area contributed by atoms with Gasteiger partial charge in [0.05, 0.1) is 12.6 Å². The second-order valence-electron chi connectivity index (χ2n) is 4.23. The Morgan fingerprint density at radius 1 is 1.44 bits per heavy atom. The fourth-order valence-corrected chi connectivity index (χ4v) is 1.74. The Balaban J connectivity index is 2.24. The summed E-state index contributed by atoms with van der Waals surface area (Å²) >= 11 is 1.50. The van der Waals surface area contributed by atoms with Crippen molar-refractivity contribution in [2.24, 2.45) is 0 Å². The van der Waals surface area contributed by atoms with Crippen LogP contribution in [0.25, 0.3) is 0 Å². The smallest absolute Gasteiger partial charge is 0.307 e. The van der Waals surface area contributed by atoms with Crippen LogP contribution < -0.4 is 0 Å². The van der Waals surface area contributed by atoms with Crippen molar-refractivity contribution in [1.29, 1.82) is 0 Å². The lowest BCUT2D eigenvalue weighted by Crippen LogP contribution is -2.24. The first kappa shape index (κ1) is 13.0. The van der Waals surface area contributed by atoms with Crippen molar-refractivity contribution in [3.63, 3.8) is 0 Å². The molecule has 1 aromatic rings. The molecule has 0 saturated carbocycles. The molecule has 5 heteroatoms. The summed E-state index contributed by atoms with van der Waals surface area (Å²) in [5, 5.41) is 0.825. The van der Waals surface area contributed by atoms with Crippen molar-refractivity contribution in [1.82, 2.24) is 9.97 Å². The molecule has 0 unspecified atom stereocenters. The molecular formula is C11H16N2O2S. The summed E-state index contributed by atoms with van der Waals surface area (Å²) in [5.74, 6) is 0.483. The van der Waals surface area contributed by atoms with E-state index in [1.165, 1.54) is 11.8 Å². The van der Waals surface area contributed by atoms with Gasteiger partial charge in [-0.25, -0.2) is 4.98 Å². The minimum Gasteiger partial charge on any atom is -0.460 e. The number of ether oxygens (including phenoxy) is 1. The zero-order chi connectivity index (χ0) is 12.0. The van der Waals surface area contributed by atoms with Crippen LogP contribution in [0.3, 0.4) is 0 Å². The van der Waals surface area contributed by atoms with Crippen molar-refractivity contribution >= 4 is 17.7 Å². The number of aromatic nitrogens is 2. The van der Waals surface area contributed by atoms with Gasteiger partial charge in [-0.1, -0.05) is 0 Å². The topological polar surface area (TPSA) is 52.1 Å². The maximum atomic E-state index is 11.4. The number of hydrogen-bond acceptors (Lipinski definition) is 5. The molecule has 0 spiro atoms. The van der Waals surface area contributed by atoms with Crippen molar-refractivity contribution in [2.75, 3.05) is 5.75 Å². The first-order valence-corrected chi connectivity index (χ1v) is 6.06. The van der Waals surface area contributed by atoms with Crippen molar-refractivity contribution in [2.45, 2.75) is 37.8 Å².